The number of rotatable bonds is 15. The van der Waals surface area contributed by atoms with Crippen molar-refractivity contribution in [2.75, 3.05) is 31.4 Å². The van der Waals surface area contributed by atoms with E-state index >= 15 is 0 Å². The SMILES string of the molecule is COc1cc(NC(=O)c2cnc3ccccc3n2)c(C(=O)Nc2ccc(CCN(Cc3ccc(-c4nc(C)no4)cc3)Cc3ccc(-c4nc(C)no4)cc3)cc2)cc1OC. The van der Waals surface area contributed by atoms with Crippen molar-refractivity contribution in [1.82, 2.24) is 35.1 Å². The van der Waals surface area contributed by atoms with Gasteiger partial charge in [0.2, 0.25) is 0 Å². The molecule has 15 nitrogen and oxygen atoms in total. The van der Waals surface area contributed by atoms with E-state index in [0.29, 0.717) is 64.7 Å². The molecule has 0 atom stereocenters. The highest BCUT2D eigenvalue weighted by atomic mass is 16.5. The molecule has 0 spiro atoms. The van der Waals surface area contributed by atoms with Crippen molar-refractivity contribution >= 4 is 34.2 Å². The fourth-order valence-corrected chi connectivity index (χ4v) is 6.73. The van der Waals surface area contributed by atoms with E-state index in [-0.39, 0.29) is 16.9 Å². The van der Waals surface area contributed by atoms with Crippen molar-refractivity contribution in [3.05, 3.63) is 155 Å². The summed E-state index contributed by atoms with van der Waals surface area (Å²) in [6.07, 6.45) is 2.14. The average molecular weight is 816 g/mol. The summed E-state index contributed by atoms with van der Waals surface area (Å²) in [6, 6.07) is 34.3. The fraction of sp³-hybridized carbons (Fsp3) is 0.174. The number of hydrogen-bond acceptors (Lipinski definition) is 13. The van der Waals surface area contributed by atoms with Gasteiger partial charge in [0, 0.05) is 42.5 Å². The number of benzene rings is 5. The second kappa shape index (κ2) is 18.0. The van der Waals surface area contributed by atoms with E-state index in [1.54, 1.807) is 26.0 Å². The molecular formula is C46H41N9O6. The summed E-state index contributed by atoms with van der Waals surface area (Å²) in [6.45, 7) is 5.72. The summed E-state index contributed by atoms with van der Waals surface area (Å²) in [5.41, 5.74) is 7.35. The number of carbonyl (C=O) groups excluding carboxylic acids is 2. The number of nitrogens with one attached hydrogen (secondary N) is 2. The maximum Gasteiger partial charge on any atom is 0.275 e. The number of amides is 2. The zero-order valence-corrected chi connectivity index (χ0v) is 33.9. The molecule has 0 aliphatic heterocycles. The molecule has 2 amide bonds. The van der Waals surface area contributed by atoms with E-state index in [9.17, 15) is 9.59 Å². The third kappa shape index (κ3) is 9.58. The van der Waals surface area contributed by atoms with E-state index in [1.807, 2.05) is 66.7 Å². The highest BCUT2D eigenvalue weighted by Crippen LogP contribution is 2.34. The van der Waals surface area contributed by atoms with Gasteiger partial charge < -0.3 is 29.2 Å². The molecule has 3 heterocycles. The van der Waals surface area contributed by atoms with Crippen LogP contribution in [0.5, 0.6) is 11.5 Å². The monoisotopic (exact) mass is 815 g/mol. The van der Waals surface area contributed by atoms with Crippen LogP contribution in [0.25, 0.3) is 33.9 Å². The molecule has 0 saturated carbocycles. The third-order valence-corrected chi connectivity index (χ3v) is 9.90. The zero-order valence-electron chi connectivity index (χ0n) is 33.9. The fourth-order valence-electron chi connectivity index (χ4n) is 6.73. The predicted octanol–water partition coefficient (Wildman–Crippen LogP) is 8.11. The molecule has 0 bridgehead atoms. The lowest BCUT2D eigenvalue weighted by molar-refractivity contribution is 0.102. The normalized spacial score (nSPS) is 11.2. The van der Waals surface area contributed by atoms with Crippen molar-refractivity contribution in [3.8, 4) is 34.4 Å². The zero-order chi connectivity index (χ0) is 42.3. The molecule has 0 saturated heterocycles. The first-order chi connectivity index (χ1) is 29.7. The van der Waals surface area contributed by atoms with Crippen LogP contribution in [0, 0.1) is 13.8 Å². The molecule has 0 radical (unpaired) electrons. The van der Waals surface area contributed by atoms with Crippen molar-refractivity contribution in [3.63, 3.8) is 0 Å². The Morgan fingerprint density at radius 3 is 1.75 bits per heavy atom. The van der Waals surface area contributed by atoms with Gasteiger partial charge in [-0.2, -0.15) is 9.97 Å². The molecule has 8 aromatic rings. The molecule has 0 aliphatic rings. The van der Waals surface area contributed by atoms with Gasteiger partial charge in [0.1, 0.15) is 5.69 Å². The van der Waals surface area contributed by atoms with Gasteiger partial charge in [-0.1, -0.05) is 58.8 Å². The van der Waals surface area contributed by atoms with Gasteiger partial charge in [0.15, 0.2) is 23.1 Å². The van der Waals surface area contributed by atoms with Crippen LogP contribution >= 0.6 is 0 Å². The number of anilines is 2. The molecular weight excluding hydrogens is 775 g/mol. The lowest BCUT2D eigenvalue weighted by Gasteiger charge is -2.23. The van der Waals surface area contributed by atoms with E-state index < -0.39 is 11.8 Å². The molecule has 2 N–H and O–H groups in total. The van der Waals surface area contributed by atoms with Crippen LogP contribution in [0.2, 0.25) is 0 Å². The summed E-state index contributed by atoms with van der Waals surface area (Å²) >= 11 is 0. The van der Waals surface area contributed by atoms with Crippen molar-refractivity contribution < 1.29 is 28.1 Å². The van der Waals surface area contributed by atoms with Gasteiger partial charge in [-0.3, -0.25) is 19.5 Å². The van der Waals surface area contributed by atoms with Crippen molar-refractivity contribution in [1.29, 1.82) is 0 Å². The number of para-hydroxylation sites is 2. The largest absolute Gasteiger partial charge is 0.493 e. The Kier molecular flexibility index (Phi) is 11.8. The number of aromatic nitrogens is 6. The number of hydrogen-bond donors (Lipinski definition) is 2. The van der Waals surface area contributed by atoms with Crippen LogP contribution in [0.15, 0.2) is 124 Å². The Morgan fingerprint density at radius 1 is 0.639 bits per heavy atom. The van der Waals surface area contributed by atoms with E-state index in [0.717, 1.165) is 40.8 Å². The molecule has 0 fully saturated rings. The van der Waals surface area contributed by atoms with Gasteiger partial charge in [0.25, 0.3) is 23.6 Å². The number of aryl methyl sites for hydroxylation is 2. The summed E-state index contributed by atoms with van der Waals surface area (Å²) in [5, 5.41) is 13.6. The maximum absolute atomic E-state index is 13.8. The van der Waals surface area contributed by atoms with Crippen LogP contribution in [-0.4, -0.2) is 67.7 Å². The minimum atomic E-state index is -0.537. The molecule has 0 unspecified atom stereocenters. The molecule has 8 rings (SSSR count). The number of fused-ring (bicyclic) bond motifs is 1. The van der Waals surface area contributed by atoms with Crippen molar-refractivity contribution in [2.24, 2.45) is 0 Å². The Labute approximate surface area is 350 Å². The standard InChI is InChI=1S/C46H41N9O6/c1-28-48-45(60-53-28)33-15-9-31(10-16-33)26-55(27-32-11-17-34(18-12-32)46-49-29(2)54-61-46)22-21-30-13-19-35(20-14-30)50-43(56)36-23-41(58-3)42(59-4)24-39(36)52-44(57)40-25-47-37-7-5-6-8-38(37)51-40/h5-20,23-25H,21-22,26-27H2,1-4H3,(H,50,56)(H,52,57). The quantitative estimate of drug-likeness (QED) is 0.101. The van der Waals surface area contributed by atoms with Gasteiger partial charge >= 0.3 is 0 Å². The first-order valence-corrected chi connectivity index (χ1v) is 19.4. The van der Waals surface area contributed by atoms with Crippen LogP contribution in [0.3, 0.4) is 0 Å². The van der Waals surface area contributed by atoms with Gasteiger partial charge in [-0.05, 0) is 91.6 Å². The Morgan fingerprint density at radius 2 is 1.20 bits per heavy atom. The summed E-state index contributed by atoms with van der Waals surface area (Å²) in [4.78, 5) is 47.1. The number of carbonyl (C=O) groups is 2. The van der Waals surface area contributed by atoms with Crippen LogP contribution in [-0.2, 0) is 19.5 Å². The highest BCUT2D eigenvalue weighted by Gasteiger charge is 2.21. The predicted molar refractivity (Wildman–Crippen MR) is 228 cm³/mol. The van der Waals surface area contributed by atoms with Gasteiger partial charge in [-0.15, -0.1) is 0 Å². The minimum absolute atomic E-state index is 0.0932. The van der Waals surface area contributed by atoms with Crippen molar-refractivity contribution in [2.45, 2.75) is 33.4 Å². The Bertz CT molecular complexity index is 2720. The van der Waals surface area contributed by atoms with E-state index in [4.69, 9.17) is 18.5 Å². The smallest absolute Gasteiger partial charge is 0.275 e. The Hall–Kier alpha value is -7.78. The van der Waals surface area contributed by atoms with Gasteiger partial charge in [-0.25, -0.2) is 4.98 Å². The van der Waals surface area contributed by atoms with E-state index in [2.05, 4.69) is 70.0 Å². The topological polar surface area (TPSA) is 184 Å². The summed E-state index contributed by atoms with van der Waals surface area (Å²) in [5.74, 6) is 1.81. The molecule has 61 heavy (non-hydrogen) atoms. The Balaban J connectivity index is 0.959. The number of ether oxygens (including phenoxy) is 2. The average Bonchev–Trinajstić information content (AvgIpc) is 3.93. The second-order valence-electron chi connectivity index (χ2n) is 14.2. The third-order valence-electron chi connectivity index (χ3n) is 9.90. The molecule has 3 aromatic heterocycles. The van der Waals surface area contributed by atoms with Crippen LogP contribution in [0.4, 0.5) is 11.4 Å². The molecule has 306 valence electrons. The summed E-state index contributed by atoms with van der Waals surface area (Å²) < 4.78 is 21.7. The lowest BCUT2D eigenvalue weighted by Crippen LogP contribution is -2.25. The van der Waals surface area contributed by atoms with E-state index in [1.165, 1.54) is 26.5 Å². The molecule has 0 aliphatic carbocycles. The first-order valence-electron chi connectivity index (χ1n) is 19.4. The molecule has 15 heteroatoms. The first kappa shape index (κ1) is 40.0. The highest BCUT2D eigenvalue weighted by molar-refractivity contribution is 6.12. The maximum atomic E-state index is 13.8. The summed E-state index contributed by atoms with van der Waals surface area (Å²) in [7, 11) is 2.96. The van der Waals surface area contributed by atoms with Crippen LogP contribution in [0.1, 0.15) is 49.2 Å². The van der Waals surface area contributed by atoms with Gasteiger partial charge in [0.05, 0.1) is 42.7 Å². The number of methoxy groups -OCH3 is 2. The minimum Gasteiger partial charge on any atom is -0.493 e. The number of nitrogens with zero attached hydrogens (tertiary/aromatic N) is 7. The van der Waals surface area contributed by atoms with Crippen LogP contribution < -0.4 is 20.1 Å². The second-order valence-corrected chi connectivity index (χ2v) is 14.2. The molecule has 5 aromatic carbocycles. The lowest BCUT2D eigenvalue weighted by atomic mass is 10.1.